The Morgan fingerprint density at radius 2 is 1.79 bits per heavy atom. The zero-order valence-corrected chi connectivity index (χ0v) is 9.16. The Morgan fingerprint density at radius 1 is 1.07 bits per heavy atom. The molecule has 0 saturated heterocycles. The standard InChI is InChI=1S/C12H20N2/c1-14(2)13-11-7-6-10-12-8-4-3-5-9-12/h3-5,8-9,13H,6-7,10-11H2,1-2H3. The van der Waals surface area contributed by atoms with Crippen LogP contribution in [-0.4, -0.2) is 25.6 Å². The predicted octanol–water partition coefficient (Wildman–Crippen LogP) is 2.08. The van der Waals surface area contributed by atoms with Crippen LogP contribution in [0.3, 0.4) is 0 Å². The first-order valence-electron chi connectivity index (χ1n) is 5.24. The second-order valence-electron chi connectivity index (χ2n) is 3.75. The van der Waals surface area contributed by atoms with Crippen LogP contribution in [0, 0.1) is 0 Å². The molecule has 0 spiro atoms. The molecule has 0 bridgehead atoms. The number of rotatable bonds is 6. The third-order valence-electron chi connectivity index (χ3n) is 2.16. The lowest BCUT2D eigenvalue weighted by molar-refractivity contribution is 0.287. The van der Waals surface area contributed by atoms with Crippen LogP contribution in [0.25, 0.3) is 0 Å². The largest absolute Gasteiger partial charge is 0.256 e. The van der Waals surface area contributed by atoms with E-state index >= 15 is 0 Å². The summed E-state index contributed by atoms with van der Waals surface area (Å²) in [6, 6.07) is 10.7. The van der Waals surface area contributed by atoms with Crippen LogP contribution in [0.4, 0.5) is 0 Å². The highest BCUT2D eigenvalue weighted by Crippen LogP contribution is 2.03. The number of hydrazine groups is 1. The molecule has 0 aromatic heterocycles. The number of aryl methyl sites for hydroxylation is 1. The molecule has 1 rings (SSSR count). The van der Waals surface area contributed by atoms with E-state index in [1.807, 2.05) is 19.1 Å². The van der Waals surface area contributed by atoms with Gasteiger partial charge in [-0.05, 0) is 24.8 Å². The fourth-order valence-corrected chi connectivity index (χ4v) is 1.40. The number of benzene rings is 1. The molecule has 0 heterocycles. The van der Waals surface area contributed by atoms with Crippen molar-refractivity contribution in [2.45, 2.75) is 19.3 Å². The summed E-state index contributed by atoms with van der Waals surface area (Å²) in [4.78, 5) is 0. The molecule has 1 aromatic rings. The van der Waals surface area contributed by atoms with Crippen LogP contribution in [0.2, 0.25) is 0 Å². The summed E-state index contributed by atoms with van der Waals surface area (Å²) in [6.07, 6.45) is 3.67. The lowest BCUT2D eigenvalue weighted by atomic mass is 10.1. The van der Waals surface area contributed by atoms with E-state index in [9.17, 15) is 0 Å². The topological polar surface area (TPSA) is 15.3 Å². The maximum absolute atomic E-state index is 3.27. The second-order valence-corrected chi connectivity index (χ2v) is 3.75. The number of hydrogen-bond acceptors (Lipinski definition) is 2. The van der Waals surface area contributed by atoms with Gasteiger partial charge in [0.1, 0.15) is 0 Å². The maximum Gasteiger partial charge on any atom is 0.0102 e. The van der Waals surface area contributed by atoms with E-state index in [4.69, 9.17) is 0 Å². The summed E-state index contributed by atoms with van der Waals surface area (Å²) in [7, 11) is 4.05. The molecule has 0 fully saturated rings. The van der Waals surface area contributed by atoms with Gasteiger partial charge in [-0.15, -0.1) is 0 Å². The molecule has 0 amide bonds. The van der Waals surface area contributed by atoms with Crippen LogP contribution in [0.15, 0.2) is 30.3 Å². The van der Waals surface area contributed by atoms with Crippen LogP contribution in [-0.2, 0) is 6.42 Å². The van der Waals surface area contributed by atoms with Gasteiger partial charge in [0, 0.05) is 20.6 Å². The van der Waals surface area contributed by atoms with E-state index in [0.717, 1.165) is 6.54 Å². The first-order chi connectivity index (χ1) is 6.79. The van der Waals surface area contributed by atoms with Gasteiger partial charge in [-0.3, -0.25) is 10.4 Å². The molecule has 0 atom stereocenters. The summed E-state index contributed by atoms with van der Waals surface area (Å²) < 4.78 is 0. The molecule has 2 nitrogen and oxygen atoms in total. The van der Waals surface area contributed by atoms with Crippen molar-refractivity contribution in [3.63, 3.8) is 0 Å². The average Bonchev–Trinajstić information content (AvgIpc) is 2.18. The van der Waals surface area contributed by atoms with Gasteiger partial charge in [0.2, 0.25) is 0 Å². The summed E-state index contributed by atoms with van der Waals surface area (Å²) in [5, 5.41) is 2.00. The van der Waals surface area contributed by atoms with Crippen molar-refractivity contribution < 1.29 is 0 Å². The minimum Gasteiger partial charge on any atom is -0.256 e. The quantitative estimate of drug-likeness (QED) is 0.548. The Hall–Kier alpha value is -0.860. The van der Waals surface area contributed by atoms with Crippen molar-refractivity contribution in [1.29, 1.82) is 0 Å². The number of hydrogen-bond donors (Lipinski definition) is 1. The fourth-order valence-electron chi connectivity index (χ4n) is 1.40. The van der Waals surface area contributed by atoms with Gasteiger partial charge in [0.15, 0.2) is 0 Å². The predicted molar refractivity (Wildman–Crippen MR) is 61.1 cm³/mol. The van der Waals surface area contributed by atoms with Crippen LogP contribution < -0.4 is 5.43 Å². The molecule has 0 aliphatic heterocycles. The van der Waals surface area contributed by atoms with Gasteiger partial charge in [-0.1, -0.05) is 30.3 Å². The maximum atomic E-state index is 3.27. The highest BCUT2D eigenvalue weighted by molar-refractivity contribution is 5.14. The van der Waals surface area contributed by atoms with E-state index in [1.165, 1.54) is 24.8 Å². The van der Waals surface area contributed by atoms with Crippen molar-refractivity contribution >= 4 is 0 Å². The second kappa shape index (κ2) is 6.57. The Kier molecular flexibility index (Phi) is 5.27. The van der Waals surface area contributed by atoms with Crippen molar-refractivity contribution in [2.24, 2.45) is 0 Å². The molecule has 0 aliphatic rings. The van der Waals surface area contributed by atoms with Gasteiger partial charge in [-0.25, -0.2) is 0 Å². The first kappa shape index (κ1) is 11.2. The Labute approximate surface area is 86.9 Å². The molecule has 78 valence electrons. The normalized spacial score (nSPS) is 10.8. The highest BCUT2D eigenvalue weighted by Gasteiger charge is 1.92. The molecule has 0 aliphatic carbocycles. The van der Waals surface area contributed by atoms with Crippen molar-refractivity contribution in [3.05, 3.63) is 35.9 Å². The van der Waals surface area contributed by atoms with Gasteiger partial charge in [0.05, 0.1) is 0 Å². The molecular formula is C12H20N2. The van der Waals surface area contributed by atoms with E-state index < -0.39 is 0 Å². The van der Waals surface area contributed by atoms with Crippen LogP contribution in [0.5, 0.6) is 0 Å². The van der Waals surface area contributed by atoms with E-state index in [1.54, 1.807) is 0 Å². The lowest BCUT2D eigenvalue weighted by Crippen LogP contribution is -2.31. The average molecular weight is 192 g/mol. The van der Waals surface area contributed by atoms with Crippen molar-refractivity contribution in [2.75, 3.05) is 20.6 Å². The molecule has 0 unspecified atom stereocenters. The summed E-state index contributed by atoms with van der Waals surface area (Å²) in [6.45, 7) is 1.07. The number of nitrogens with one attached hydrogen (secondary N) is 1. The molecule has 14 heavy (non-hydrogen) atoms. The van der Waals surface area contributed by atoms with Crippen LogP contribution in [0.1, 0.15) is 18.4 Å². The Bertz CT molecular complexity index is 231. The number of unbranched alkanes of at least 4 members (excludes halogenated alkanes) is 1. The van der Waals surface area contributed by atoms with Crippen molar-refractivity contribution in [1.82, 2.24) is 10.4 Å². The highest BCUT2D eigenvalue weighted by atomic mass is 15.5. The monoisotopic (exact) mass is 192 g/mol. The minimum atomic E-state index is 1.07. The van der Waals surface area contributed by atoms with Crippen LogP contribution >= 0.6 is 0 Å². The zero-order chi connectivity index (χ0) is 10.2. The van der Waals surface area contributed by atoms with Gasteiger partial charge in [-0.2, -0.15) is 0 Å². The van der Waals surface area contributed by atoms with E-state index in [0.29, 0.717) is 0 Å². The van der Waals surface area contributed by atoms with E-state index in [-0.39, 0.29) is 0 Å². The van der Waals surface area contributed by atoms with E-state index in [2.05, 4.69) is 35.8 Å². The Morgan fingerprint density at radius 3 is 2.43 bits per heavy atom. The van der Waals surface area contributed by atoms with Gasteiger partial charge < -0.3 is 0 Å². The molecule has 1 N–H and O–H groups in total. The molecule has 0 saturated carbocycles. The fraction of sp³-hybridized carbons (Fsp3) is 0.500. The van der Waals surface area contributed by atoms with Crippen molar-refractivity contribution in [3.8, 4) is 0 Å². The summed E-state index contributed by atoms with van der Waals surface area (Å²) in [5.41, 5.74) is 4.71. The lowest BCUT2D eigenvalue weighted by Gasteiger charge is -2.11. The smallest absolute Gasteiger partial charge is 0.0102 e. The molecular weight excluding hydrogens is 172 g/mol. The molecule has 2 heteroatoms. The van der Waals surface area contributed by atoms with Gasteiger partial charge >= 0.3 is 0 Å². The minimum absolute atomic E-state index is 1.07. The molecule has 0 radical (unpaired) electrons. The third kappa shape index (κ3) is 5.00. The molecule has 1 aromatic carbocycles. The first-order valence-corrected chi connectivity index (χ1v) is 5.24. The van der Waals surface area contributed by atoms with Gasteiger partial charge in [0.25, 0.3) is 0 Å². The summed E-state index contributed by atoms with van der Waals surface area (Å²) in [5.74, 6) is 0. The Balaban J connectivity index is 2.05. The zero-order valence-electron chi connectivity index (χ0n) is 9.16. The SMILES string of the molecule is CN(C)NCCCCc1ccccc1. The third-order valence-corrected chi connectivity index (χ3v) is 2.16. The number of nitrogens with zero attached hydrogens (tertiary/aromatic N) is 1. The summed E-state index contributed by atoms with van der Waals surface area (Å²) >= 11 is 0.